The quantitative estimate of drug-likeness (QED) is 0.133. The highest BCUT2D eigenvalue weighted by Gasteiger charge is 2.34. The summed E-state index contributed by atoms with van der Waals surface area (Å²) in [6.07, 6.45) is 2.22. The number of aliphatic imine (C=N–C) groups is 1. The Hall–Kier alpha value is -2.95. The molecule has 0 atom stereocenters. The van der Waals surface area contributed by atoms with Crippen molar-refractivity contribution in [3.8, 4) is 0 Å². The Morgan fingerprint density at radius 1 is 0.971 bits per heavy atom. The first-order valence-electron chi connectivity index (χ1n) is 11.3. The van der Waals surface area contributed by atoms with Gasteiger partial charge in [-0.05, 0) is 56.0 Å². The van der Waals surface area contributed by atoms with E-state index in [2.05, 4.69) is 20.9 Å². The predicted molar refractivity (Wildman–Crippen MR) is 144 cm³/mol. The minimum absolute atomic E-state index is 0. The van der Waals surface area contributed by atoms with Gasteiger partial charge >= 0.3 is 0 Å². The average Bonchev–Trinajstić information content (AvgIpc) is 3.08. The van der Waals surface area contributed by atoms with E-state index in [4.69, 9.17) is 0 Å². The fourth-order valence-electron chi connectivity index (χ4n) is 3.69. The van der Waals surface area contributed by atoms with Crippen LogP contribution in [-0.4, -0.2) is 61.8 Å². The molecule has 3 amide bonds. The summed E-state index contributed by atoms with van der Waals surface area (Å²) < 4.78 is 0. The number of hydrogen-bond donors (Lipinski definition) is 3. The van der Waals surface area contributed by atoms with Crippen LogP contribution < -0.4 is 16.0 Å². The van der Waals surface area contributed by atoms with Crippen molar-refractivity contribution >= 4 is 47.7 Å². The third kappa shape index (κ3) is 7.02. The van der Waals surface area contributed by atoms with Gasteiger partial charge in [0.25, 0.3) is 17.7 Å². The van der Waals surface area contributed by atoms with Crippen LogP contribution >= 0.6 is 24.0 Å². The zero-order chi connectivity index (χ0) is 23.6. The molecule has 0 aliphatic carbocycles. The fraction of sp³-hybridized carbons (Fsp3) is 0.360. The molecule has 1 heterocycles. The minimum Gasteiger partial charge on any atom is -0.357 e. The number of carbonyl (C=O) groups is 3. The second-order valence-corrected chi connectivity index (χ2v) is 7.73. The first-order valence-corrected chi connectivity index (χ1v) is 11.3. The number of hydrogen-bond acceptors (Lipinski definition) is 4. The first kappa shape index (κ1) is 27.3. The van der Waals surface area contributed by atoms with E-state index in [0.29, 0.717) is 42.7 Å². The molecule has 0 bridgehead atoms. The van der Waals surface area contributed by atoms with E-state index in [0.717, 1.165) is 30.9 Å². The van der Waals surface area contributed by atoms with Crippen molar-refractivity contribution in [3.05, 3.63) is 70.8 Å². The average molecular weight is 577 g/mol. The van der Waals surface area contributed by atoms with Gasteiger partial charge in [0.05, 0.1) is 11.1 Å². The van der Waals surface area contributed by atoms with Crippen LogP contribution in [0.1, 0.15) is 56.4 Å². The number of unbranched alkanes of at least 4 members (excludes halogenated alkanes) is 1. The maximum absolute atomic E-state index is 12.4. The van der Waals surface area contributed by atoms with Gasteiger partial charge in [0.15, 0.2) is 5.96 Å². The summed E-state index contributed by atoms with van der Waals surface area (Å²) in [7, 11) is 1.62. The molecule has 3 N–H and O–H groups in total. The Balaban J connectivity index is 0.00000408. The highest BCUT2D eigenvalue weighted by molar-refractivity contribution is 14.0. The van der Waals surface area contributed by atoms with Gasteiger partial charge in [-0.2, -0.15) is 0 Å². The van der Waals surface area contributed by atoms with Crippen LogP contribution in [0.3, 0.4) is 0 Å². The van der Waals surface area contributed by atoms with Crippen LogP contribution in [0, 0.1) is 0 Å². The molecule has 9 heteroatoms. The predicted octanol–water partition coefficient (Wildman–Crippen LogP) is 2.84. The molecule has 8 nitrogen and oxygen atoms in total. The van der Waals surface area contributed by atoms with Crippen LogP contribution in [0.2, 0.25) is 0 Å². The second kappa shape index (κ2) is 13.7. The normalized spacial score (nSPS) is 12.8. The Morgan fingerprint density at radius 2 is 1.68 bits per heavy atom. The lowest BCUT2D eigenvalue weighted by atomic mass is 10.1. The van der Waals surface area contributed by atoms with Gasteiger partial charge in [0.2, 0.25) is 0 Å². The molecule has 1 aliphatic rings. The van der Waals surface area contributed by atoms with Crippen molar-refractivity contribution in [1.82, 2.24) is 20.9 Å². The van der Waals surface area contributed by atoms with Gasteiger partial charge in [-0.15, -0.1) is 24.0 Å². The number of carbonyl (C=O) groups excluding carboxylic acids is 3. The molecule has 34 heavy (non-hydrogen) atoms. The number of benzene rings is 2. The lowest BCUT2D eigenvalue weighted by Gasteiger charge is -2.14. The highest BCUT2D eigenvalue weighted by atomic mass is 127. The van der Waals surface area contributed by atoms with Gasteiger partial charge in [0.1, 0.15) is 0 Å². The van der Waals surface area contributed by atoms with Gasteiger partial charge < -0.3 is 16.0 Å². The van der Waals surface area contributed by atoms with Gasteiger partial charge in [-0.25, -0.2) is 0 Å². The Bertz CT molecular complexity index is 1010. The summed E-state index contributed by atoms with van der Waals surface area (Å²) in [6, 6.07) is 14.5. The van der Waals surface area contributed by atoms with Crippen molar-refractivity contribution in [3.63, 3.8) is 0 Å². The molecule has 2 aromatic rings. The number of nitrogens with one attached hydrogen (secondary N) is 3. The summed E-state index contributed by atoms with van der Waals surface area (Å²) in [5, 5.41) is 9.17. The molecule has 3 rings (SSSR count). The fourth-order valence-corrected chi connectivity index (χ4v) is 3.69. The van der Waals surface area contributed by atoms with E-state index in [9.17, 15) is 14.4 Å². The Morgan fingerprint density at radius 3 is 2.32 bits per heavy atom. The van der Waals surface area contributed by atoms with Crippen molar-refractivity contribution in [2.24, 2.45) is 4.99 Å². The second-order valence-electron chi connectivity index (χ2n) is 7.73. The summed E-state index contributed by atoms with van der Waals surface area (Å²) in [5.41, 5.74) is 2.69. The molecular formula is C25H32IN5O3. The number of imide groups is 1. The maximum atomic E-state index is 12.4. The molecule has 2 aromatic carbocycles. The zero-order valence-electron chi connectivity index (χ0n) is 19.6. The number of halogens is 1. The van der Waals surface area contributed by atoms with E-state index < -0.39 is 0 Å². The highest BCUT2D eigenvalue weighted by Crippen LogP contribution is 2.22. The SMILES string of the molecule is CCNC(=NCCCCN1C(=O)c2ccccc2C1=O)NCCc1cccc(C(=O)NC)c1.I. The molecule has 0 radical (unpaired) electrons. The number of nitrogens with zero attached hydrogens (tertiary/aromatic N) is 2. The van der Waals surface area contributed by atoms with Crippen LogP contribution in [0.4, 0.5) is 0 Å². The topological polar surface area (TPSA) is 103 Å². The molecular weight excluding hydrogens is 545 g/mol. The lowest BCUT2D eigenvalue weighted by Crippen LogP contribution is -2.38. The van der Waals surface area contributed by atoms with Crippen molar-refractivity contribution in [1.29, 1.82) is 0 Å². The lowest BCUT2D eigenvalue weighted by molar-refractivity contribution is 0.0651. The minimum atomic E-state index is -0.213. The molecule has 0 spiro atoms. The molecule has 0 fully saturated rings. The standard InChI is InChI=1S/C25H31N5O3.HI/c1-3-27-25(29-15-13-18-9-8-10-19(17-18)22(31)26-2)28-14-6-7-16-30-23(32)20-11-4-5-12-21(20)24(30)33;/h4-5,8-12,17H,3,6-7,13-16H2,1-2H3,(H,26,31)(H2,27,28,29);1H. The summed E-state index contributed by atoms with van der Waals surface area (Å²) in [6.45, 7) is 4.41. The number of guanidine groups is 1. The van der Waals surface area contributed by atoms with Crippen LogP contribution in [-0.2, 0) is 6.42 Å². The van der Waals surface area contributed by atoms with Gasteiger partial charge in [-0.1, -0.05) is 24.3 Å². The largest absolute Gasteiger partial charge is 0.357 e. The van der Waals surface area contributed by atoms with Crippen molar-refractivity contribution in [2.45, 2.75) is 26.2 Å². The molecule has 1 aliphatic heterocycles. The molecule has 182 valence electrons. The third-order valence-corrected chi connectivity index (χ3v) is 5.40. The first-order chi connectivity index (χ1) is 16.0. The van der Waals surface area contributed by atoms with E-state index in [1.807, 2.05) is 25.1 Å². The number of rotatable bonds is 10. The van der Waals surface area contributed by atoms with Crippen molar-refractivity contribution < 1.29 is 14.4 Å². The molecule has 0 saturated heterocycles. The summed E-state index contributed by atoms with van der Waals surface area (Å²) in [5.74, 6) is 0.200. The zero-order valence-corrected chi connectivity index (χ0v) is 21.9. The molecule has 0 saturated carbocycles. The van der Waals surface area contributed by atoms with Crippen molar-refractivity contribution in [2.75, 3.05) is 33.2 Å². The smallest absolute Gasteiger partial charge is 0.261 e. The number of fused-ring (bicyclic) bond motifs is 1. The monoisotopic (exact) mass is 577 g/mol. The molecule has 0 unspecified atom stereocenters. The van der Waals surface area contributed by atoms with Gasteiger partial charge in [-0.3, -0.25) is 24.3 Å². The van der Waals surface area contributed by atoms with E-state index in [1.54, 1.807) is 37.4 Å². The van der Waals surface area contributed by atoms with Crippen LogP contribution in [0.25, 0.3) is 0 Å². The van der Waals surface area contributed by atoms with Gasteiger partial charge in [0, 0.05) is 38.8 Å². The van der Waals surface area contributed by atoms with E-state index in [1.165, 1.54) is 4.90 Å². The van der Waals surface area contributed by atoms with Crippen LogP contribution in [0.15, 0.2) is 53.5 Å². The van der Waals surface area contributed by atoms with E-state index in [-0.39, 0.29) is 41.7 Å². The Labute approximate surface area is 217 Å². The Kier molecular flexibility index (Phi) is 11.0. The molecule has 0 aromatic heterocycles. The summed E-state index contributed by atoms with van der Waals surface area (Å²) in [4.78, 5) is 42.5. The number of amides is 3. The summed E-state index contributed by atoms with van der Waals surface area (Å²) >= 11 is 0. The maximum Gasteiger partial charge on any atom is 0.261 e. The third-order valence-electron chi connectivity index (χ3n) is 5.40. The van der Waals surface area contributed by atoms with Crippen LogP contribution in [0.5, 0.6) is 0 Å². The van der Waals surface area contributed by atoms with E-state index >= 15 is 0 Å².